The molecule has 1 aromatic carbocycles. The maximum atomic E-state index is 12.3. The number of anilines is 1. The van der Waals surface area contributed by atoms with Gasteiger partial charge in [-0.1, -0.05) is 25.6 Å². The highest BCUT2D eigenvalue weighted by atomic mass is 28.3. The van der Waals surface area contributed by atoms with Gasteiger partial charge in [0.25, 0.3) is 0 Å². The van der Waals surface area contributed by atoms with Crippen molar-refractivity contribution >= 4 is 13.8 Å². The van der Waals surface area contributed by atoms with E-state index in [1.165, 1.54) is 13.2 Å². The van der Waals surface area contributed by atoms with Crippen LogP contribution in [0.4, 0.5) is 18.9 Å². The average Bonchev–Trinajstić information content (AvgIpc) is 2.24. The number of nitrogen functional groups attached to an aromatic ring is 1. The van der Waals surface area contributed by atoms with Crippen LogP contribution in [0.2, 0.25) is 19.6 Å². The molecule has 0 saturated heterocycles. The zero-order valence-electron chi connectivity index (χ0n) is 11.7. The van der Waals surface area contributed by atoms with Gasteiger partial charge in [0.05, 0.1) is 18.4 Å². The van der Waals surface area contributed by atoms with Gasteiger partial charge in [-0.15, -0.1) is 18.7 Å². The molecule has 1 rings (SSSR count). The van der Waals surface area contributed by atoms with E-state index in [4.69, 9.17) is 10.5 Å². The topological polar surface area (TPSA) is 44.5 Å². The molecule has 3 nitrogen and oxygen atoms in total. The molecular weight excluding hydrogens is 287 g/mol. The van der Waals surface area contributed by atoms with Crippen molar-refractivity contribution in [2.24, 2.45) is 0 Å². The molecule has 0 fully saturated rings. The molecule has 110 valence electrons. The smallest absolute Gasteiger partial charge is 0.493 e. The largest absolute Gasteiger partial charge is 0.573 e. The summed E-state index contributed by atoms with van der Waals surface area (Å²) in [5.41, 5.74) is 9.34. The standard InChI is InChI=1S/C13H16F3NO2Si/c1-18-11-7-9(5-6-20(2,3)4)10(17)8-12(11)19-13(14,15)16/h7-8H,17H2,1-4H3. The number of rotatable bonds is 2. The molecule has 1 aromatic rings. The first kappa shape index (κ1) is 16.2. The van der Waals surface area contributed by atoms with E-state index in [-0.39, 0.29) is 11.4 Å². The van der Waals surface area contributed by atoms with Crippen LogP contribution in [0.3, 0.4) is 0 Å². The maximum absolute atomic E-state index is 12.3. The van der Waals surface area contributed by atoms with E-state index in [0.29, 0.717) is 5.56 Å². The molecule has 7 heteroatoms. The predicted molar refractivity (Wildman–Crippen MR) is 74.3 cm³/mol. The van der Waals surface area contributed by atoms with Gasteiger partial charge in [-0.3, -0.25) is 0 Å². The van der Waals surface area contributed by atoms with Crippen molar-refractivity contribution < 1.29 is 22.6 Å². The number of nitrogens with two attached hydrogens (primary N) is 1. The summed E-state index contributed by atoms with van der Waals surface area (Å²) in [6.45, 7) is 6.15. The first-order chi connectivity index (χ1) is 9.02. The summed E-state index contributed by atoms with van der Waals surface area (Å²) in [4.78, 5) is 0. The molecule has 0 atom stereocenters. The van der Waals surface area contributed by atoms with Gasteiger partial charge < -0.3 is 15.2 Å². The second-order valence-electron chi connectivity index (χ2n) is 5.14. The summed E-state index contributed by atoms with van der Waals surface area (Å²) in [7, 11) is -0.357. The van der Waals surface area contributed by atoms with Gasteiger partial charge in [-0.25, -0.2) is 0 Å². The monoisotopic (exact) mass is 303 g/mol. The Hall–Kier alpha value is -1.81. The quantitative estimate of drug-likeness (QED) is 0.517. The Balaban J connectivity index is 3.22. The second-order valence-corrected chi connectivity index (χ2v) is 9.89. The van der Waals surface area contributed by atoms with E-state index in [1.807, 2.05) is 0 Å². The zero-order chi connectivity index (χ0) is 15.6. The number of methoxy groups -OCH3 is 1. The normalized spacial score (nSPS) is 11.6. The molecule has 0 aliphatic carbocycles. The number of halogens is 3. The number of alkyl halides is 3. The van der Waals surface area contributed by atoms with Crippen molar-refractivity contribution in [1.29, 1.82) is 0 Å². The lowest BCUT2D eigenvalue weighted by Crippen LogP contribution is -2.18. The van der Waals surface area contributed by atoms with Crippen LogP contribution >= 0.6 is 0 Å². The molecule has 0 aromatic heterocycles. The van der Waals surface area contributed by atoms with E-state index in [2.05, 4.69) is 35.8 Å². The number of ether oxygens (including phenoxy) is 2. The van der Waals surface area contributed by atoms with E-state index in [0.717, 1.165) is 6.07 Å². The molecule has 0 amide bonds. The SMILES string of the molecule is COc1cc(C#C[Si](C)(C)C)c(N)cc1OC(F)(F)F. The summed E-state index contributed by atoms with van der Waals surface area (Å²) in [6, 6.07) is 2.42. The van der Waals surface area contributed by atoms with Crippen LogP contribution in [0.1, 0.15) is 5.56 Å². The fourth-order valence-corrected chi connectivity index (χ4v) is 1.81. The first-order valence-electron chi connectivity index (χ1n) is 5.78. The summed E-state index contributed by atoms with van der Waals surface area (Å²) in [6.07, 6.45) is -4.80. The van der Waals surface area contributed by atoms with Crippen molar-refractivity contribution in [2.75, 3.05) is 12.8 Å². The molecule has 0 spiro atoms. The molecule has 0 saturated carbocycles. The van der Waals surface area contributed by atoms with Crippen LogP contribution in [-0.4, -0.2) is 21.5 Å². The average molecular weight is 303 g/mol. The van der Waals surface area contributed by atoms with Gasteiger partial charge in [0.15, 0.2) is 11.5 Å². The third-order valence-electron chi connectivity index (χ3n) is 2.13. The molecular formula is C13H16F3NO2Si. The number of hydrogen-bond acceptors (Lipinski definition) is 3. The lowest BCUT2D eigenvalue weighted by Gasteiger charge is -2.14. The van der Waals surface area contributed by atoms with Crippen molar-refractivity contribution in [2.45, 2.75) is 26.0 Å². The summed E-state index contributed by atoms with van der Waals surface area (Å²) >= 11 is 0. The Labute approximate surface area is 116 Å². The predicted octanol–water partition coefficient (Wildman–Crippen LogP) is 3.40. The van der Waals surface area contributed by atoms with Crippen LogP contribution in [0, 0.1) is 11.5 Å². The second kappa shape index (κ2) is 5.67. The molecule has 0 radical (unpaired) electrons. The molecule has 0 bridgehead atoms. The van der Waals surface area contributed by atoms with Gasteiger partial charge in [-0.2, -0.15) is 0 Å². The van der Waals surface area contributed by atoms with Crippen molar-refractivity contribution in [3.05, 3.63) is 17.7 Å². The number of hydrogen-bond donors (Lipinski definition) is 1. The Morgan fingerprint density at radius 1 is 1.15 bits per heavy atom. The minimum absolute atomic E-state index is 0.0589. The molecule has 20 heavy (non-hydrogen) atoms. The van der Waals surface area contributed by atoms with E-state index >= 15 is 0 Å². The van der Waals surface area contributed by atoms with Gasteiger partial charge >= 0.3 is 6.36 Å². The van der Waals surface area contributed by atoms with Crippen LogP contribution in [0.25, 0.3) is 0 Å². The fraction of sp³-hybridized carbons (Fsp3) is 0.385. The van der Waals surface area contributed by atoms with Crippen molar-refractivity contribution in [1.82, 2.24) is 0 Å². The highest BCUT2D eigenvalue weighted by Gasteiger charge is 2.32. The van der Waals surface area contributed by atoms with Gasteiger partial charge in [0.1, 0.15) is 8.07 Å². The Morgan fingerprint density at radius 3 is 2.20 bits per heavy atom. The Kier molecular flexibility index (Phi) is 4.60. The zero-order valence-corrected chi connectivity index (χ0v) is 12.7. The van der Waals surface area contributed by atoms with Crippen LogP contribution in [-0.2, 0) is 0 Å². The highest BCUT2D eigenvalue weighted by molar-refractivity contribution is 6.83. The Bertz CT molecular complexity index is 554. The summed E-state index contributed by atoms with van der Waals surface area (Å²) < 4.78 is 45.5. The van der Waals surface area contributed by atoms with Crippen molar-refractivity contribution in [3.63, 3.8) is 0 Å². The van der Waals surface area contributed by atoms with Crippen LogP contribution < -0.4 is 15.2 Å². The first-order valence-corrected chi connectivity index (χ1v) is 9.28. The molecule has 0 unspecified atom stereocenters. The van der Waals surface area contributed by atoms with E-state index < -0.39 is 20.2 Å². The molecule has 0 heterocycles. The Morgan fingerprint density at radius 2 is 1.75 bits per heavy atom. The van der Waals surface area contributed by atoms with Crippen LogP contribution in [0.5, 0.6) is 11.5 Å². The maximum Gasteiger partial charge on any atom is 0.573 e. The molecule has 0 aliphatic heterocycles. The minimum Gasteiger partial charge on any atom is -0.493 e. The third-order valence-corrected chi connectivity index (χ3v) is 3.01. The van der Waals surface area contributed by atoms with Gasteiger partial charge in [-0.05, 0) is 0 Å². The van der Waals surface area contributed by atoms with E-state index in [1.54, 1.807) is 0 Å². The van der Waals surface area contributed by atoms with Crippen molar-refractivity contribution in [3.8, 4) is 23.0 Å². The lowest BCUT2D eigenvalue weighted by molar-refractivity contribution is -0.275. The minimum atomic E-state index is -4.80. The summed E-state index contributed by atoms with van der Waals surface area (Å²) in [5, 5.41) is 0. The third kappa shape index (κ3) is 5.05. The number of benzene rings is 1. The lowest BCUT2D eigenvalue weighted by atomic mass is 10.1. The summed E-state index contributed by atoms with van der Waals surface area (Å²) in [5.74, 6) is 2.35. The van der Waals surface area contributed by atoms with Gasteiger partial charge in [0.2, 0.25) is 0 Å². The molecule has 0 aliphatic rings. The fourth-order valence-electron chi connectivity index (χ4n) is 1.30. The van der Waals surface area contributed by atoms with Crippen LogP contribution in [0.15, 0.2) is 12.1 Å². The van der Waals surface area contributed by atoms with Gasteiger partial charge in [0, 0.05) is 12.1 Å². The molecule has 2 N–H and O–H groups in total. The van der Waals surface area contributed by atoms with E-state index in [9.17, 15) is 13.2 Å². The highest BCUT2D eigenvalue weighted by Crippen LogP contribution is 2.35.